The zero-order valence-electron chi connectivity index (χ0n) is 14.5. The number of rotatable bonds is 6. The van der Waals surface area contributed by atoms with Gasteiger partial charge in [0.15, 0.2) is 0 Å². The molecule has 0 spiro atoms. The third kappa shape index (κ3) is 6.57. The van der Waals surface area contributed by atoms with Crippen LogP contribution in [0, 0.1) is 0 Å². The van der Waals surface area contributed by atoms with Gasteiger partial charge in [0.05, 0.1) is 12.5 Å². The first kappa shape index (κ1) is 20.0. The van der Waals surface area contributed by atoms with Crippen LogP contribution in [-0.2, 0) is 14.3 Å². The van der Waals surface area contributed by atoms with Gasteiger partial charge in [0.2, 0.25) is 5.91 Å². The Kier molecular flexibility index (Phi) is 6.36. The van der Waals surface area contributed by atoms with Gasteiger partial charge in [-0.15, -0.1) is 0 Å². The number of thiophene rings is 1. The fourth-order valence-electron chi connectivity index (χ4n) is 1.85. The van der Waals surface area contributed by atoms with E-state index in [0.29, 0.717) is 5.56 Å². The van der Waals surface area contributed by atoms with E-state index in [-0.39, 0.29) is 6.42 Å². The summed E-state index contributed by atoms with van der Waals surface area (Å²) in [7, 11) is 0. The van der Waals surface area contributed by atoms with Crippen LogP contribution in [0.1, 0.15) is 52.6 Å². The molecule has 0 fully saturated rings. The quantitative estimate of drug-likeness (QED) is 0.727. The first-order valence-electron chi connectivity index (χ1n) is 7.47. The highest BCUT2D eigenvalue weighted by molar-refractivity contribution is 7.08. The topological polar surface area (TPSA) is 105 Å². The molecule has 0 saturated carbocycles. The summed E-state index contributed by atoms with van der Waals surface area (Å²) < 4.78 is 5.14. The van der Waals surface area contributed by atoms with Crippen LogP contribution in [0.2, 0.25) is 0 Å². The van der Waals surface area contributed by atoms with E-state index in [0.717, 1.165) is 0 Å². The van der Waals surface area contributed by atoms with Crippen LogP contribution in [0.15, 0.2) is 16.8 Å². The second-order valence-corrected chi connectivity index (χ2v) is 7.71. The second kappa shape index (κ2) is 7.65. The van der Waals surface area contributed by atoms with Gasteiger partial charge in [0, 0.05) is 0 Å². The molecule has 2 amide bonds. The maximum atomic E-state index is 12.5. The Morgan fingerprint density at radius 1 is 1.25 bits per heavy atom. The summed E-state index contributed by atoms with van der Waals surface area (Å²) in [5.41, 5.74) is -1.22. The molecule has 1 heterocycles. The normalized spacial score (nSPS) is 13.0. The number of carboxylic acid groups (broad SMARTS) is 1. The summed E-state index contributed by atoms with van der Waals surface area (Å²) in [6, 6.07) is 1.09. The van der Waals surface area contributed by atoms with Gasteiger partial charge in [-0.2, -0.15) is 11.3 Å². The molecule has 0 aliphatic heterocycles. The number of ether oxygens (including phenoxy) is 1. The molecule has 0 saturated heterocycles. The molecule has 1 aromatic rings. The predicted octanol–water partition coefficient (Wildman–Crippen LogP) is 2.68. The molecule has 7 nitrogen and oxygen atoms in total. The summed E-state index contributed by atoms with van der Waals surface area (Å²) >= 11 is 1.41. The number of carboxylic acids is 1. The summed E-state index contributed by atoms with van der Waals surface area (Å²) in [6.07, 6.45) is -0.960. The molecule has 0 bridgehead atoms. The Hall–Kier alpha value is -2.09. The van der Waals surface area contributed by atoms with Crippen LogP contribution in [0.4, 0.5) is 4.79 Å². The fourth-order valence-corrected chi connectivity index (χ4v) is 2.57. The molecule has 3 N–H and O–H groups in total. The average Bonchev–Trinajstić information content (AvgIpc) is 2.87. The third-order valence-corrected chi connectivity index (χ3v) is 3.71. The zero-order valence-corrected chi connectivity index (χ0v) is 15.3. The molecule has 1 unspecified atom stereocenters. The minimum Gasteiger partial charge on any atom is -0.481 e. The van der Waals surface area contributed by atoms with Crippen molar-refractivity contribution in [3.05, 3.63) is 22.4 Å². The number of carbonyl (C=O) groups is 3. The minimum atomic E-state index is -1.25. The largest absolute Gasteiger partial charge is 0.481 e. The highest BCUT2D eigenvalue weighted by Gasteiger charge is 2.33. The van der Waals surface area contributed by atoms with Crippen LogP contribution in [0.3, 0.4) is 0 Å². The highest BCUT2D eigenvalue weighted by atomic mass is 32.1. The van der Waals surface area contributed by atoms with Gasteiger partial charge < -0.3 is 20.5 Å². The summed E-state index contributed by atoms with van der Waals surface area (Å²) in [4.78, 5) is 35.4. The molecular weight excluding hydrogens is 332 g/mol. The van der Waals surface area contributed by atoms with Crippen molar-refractivity contribution < 1.29 is 24.2 Å². The molecule has 24 heavy (non-hydrogen) atoms. The first-order chi connectivity index (χ1) is 10.9. The van der Waals surface area contributed by atoms with Gasteiger partial charge in [0.25, 0.3) is 0 Å². The second-order valence-electron chi connectivity index (χ2n) is 6.93. The minimum absolute atomic E-state index is 0.245. The van der Waals surface area contributed by atoms with Crippen molar-refractivity contribution in [2.24, 2.45) is 0 Å². The lowest BCUT2D eigenvalue weighted by Crippen LogP contribution is -2.56. The number of aliphatic carboxylic acids is 1. The Morgan fingerprint density at radius 3 is 2.33 bits per heavy atom. The van der Waals surface area contributed by atoms with E-state index in [1.165, 1.54) is 25.2 Å². The van der Waals surface area contributed by atoms with Crippen LogP contribution in [0.25, 0.3) is 0 Å². The molecular formula is C16H24N2O5S. The molecule has 1 aromatic heterocycles. The monoisotopic (exact) mass is 356 g/mol. The van der Waals surface area contributed by atoms with Gasteiger partial charge in [-0.3, -0.25) is 9.59 Å². The molecule has 1 atom stereocenters. The van der Waals surface area contributed by atoms with Crippen molar-refractivity contribution in [3.8, 4) is 0 Å². The number of hydrogen-bond acceptors (Lipinski definition) is 5. The fraction of sp³-hybridized carbons (Fsp3) is 0.562. The van der Waals surface area contributed by atoms with Gasteiger partial charge in [-0.1, -0.05) is 0 Å². The molecule has 0 radical (unpaired) electrons. The summed E-state index contributed by atoms with van der Waals surface area (Å²) in [5, 5.41) is 17.8. The van der Waals surface area contributed by atoms with Crippen molar-refractivity contribution in [2.45, 2.75) is 58.2 Å². The van der Waals surface area contributed by atoms with Crippen LogP contribution < -0.4 is 10.6 Å². The van der Waals surface area contributed by atoms with E-state index in [2.05, 4.69) is 10.6 Å². The van der Waals surface area contributed by atoms with Crippen molar-refractivity contribution in [1.82, 2.24) is 10.6 Å². The van der Waals surface area contributed by atoms with Crippen LogP contribution in [-0.4, -0.2) is 34.2 Å². The van der Waals surface area contributed by atoms with Crippen molar-refractivity contribution >= 4 is 29.3 Å². The van der Waals surface area contributed by atoms with E-state index >= 15 is 0 Å². The molecule has 0 aliphatic rings. The predicted molar refractivity (Wildman–Crippen MR) is 90.9 cm³/mol. The number of hydrogen-bond donors (Lipinski definition) is 3. The van der Waals surface area contributed by atoms with Gasteiger partial charge >= 0.3 is 12.1 Å². The van der Waals surface area contributed by atoms with Crippen LogP contribution >= 0.6 is 11.3 Å². The van der Waals surface area contributed by atoms with E-state index in [1.54, 1.807) is 37.6 Å². The van der Waals surface area contributed by atoms with E-state index in [9.17, 15) is 14.4 Å². The molecule has 0 aromatic carbocycles. The van der Waals surface area contributed by atoms with E-state index < -0.39 is 35.2 Å². The highest BCUT2D eigenvalue weighted by Crippen LogP contribution is 2.21. The van der Waals surface area contributed by atoms with Gasteiger partial charge in [0.1, 0.15) is 11.1 Å². The lowest BCUT2D eigenvalue weighted by atomic mass is 10.0. The van der Waals surface area contributed by atoms with Gasteiger partial charge in [-0.25, -0.2) is 4.79 Å². The van der Waals surface area contributed by atoms with E-state index in [4.69, 9.17) is 9.84 Å². The number of carbonyl (C=O) groups excluding carboxylic acids is 2. The smallest absolute Gasteiger partial charge is 0.408 e. The lowest BCUT2D eigenvalue weighted by Gasteiger charge is -2.29. The maximum absolute atomic E-state index is 12.5. The Bertz CT molecular complexity index is 590. The number of alkyl carbamates (subject to hydrolysis) is 1. The van der Waals surface area contributed by atoms with Crippen LogP contribution in [0.5, 0.6) is 0 Å². The Balaban J connectivity index is 2.78. The maximum Gasteiger partial charge on any atom is 0.408 e. The average molecular weight is 356 g/mol. The Morgan fingerprint density at radius 2 is 1.88 bits per heavy atom. The number of amides is 2. The molecule has 0 aliphatic carbocycles. The standard InChI is InChI=1S/C16H24N2O5S/c1-15(2,3)23-14(22)18-16(4,5)13(21)17-11(8-12(19)20)10-6-7-24-9-10/h6-7,9,11H,8H2,1-5H3,(H,17,21)(H,18,22)(H,19,20). The molecule has 134 valence electrons. The van der Waals surface area contributed by atoms with Crippen molar-refractivity contribution in [2.75, 3.05) is 0 Å². The number of nitrogens with one attached hydrogen (secondary N) is 2. The Labute approximate surface area is 145 Å². The summed E-state index contributed by atoms with van der Waals surface area (Å²) in [6.45, 7) is 8.22. The van der Waals surface area contributed by atoms with Gasteiger partial charge in [-0.05, 0) is 57.0 Å². The lowest BCUT2D eigenvalue weighted by molar-refractivity contribution is -0.138. The van der Waals surface area contributed by atoms with Crippen molar-refractivity contribution in [1.29, 1.82) is 0 Å². The SMILES string of the molecule is CC(C)(C)OC(=O)NC(C)(C)C(=O)NC(CC(=O)O)c1ccsc1. The molecule has 1 rings (SSSR count). The summed E-state index contributed by atoms with van der Waals surface area (Å²) in [5.74, 6) is -1.52. The molecule has 8 heteroatoms. The first-order valence-corrected chi connectivity index (χ1v) is 8.41. The van der Waals surface area contributed by atoms with Crippen molar-refractivity contribution in [3.63, 3.8) is 0 Å². The third-order valence-electron chi connectivity index (χ3n) is 3.01. The zero-order chi connectivity index (χ0) is 18.5. The van der Waals surface area contributed by atoms with E-state index in [1.807, 2.05) is 0 Å².